The summed E-state index contributed by atoms with van der Waals surface area (Å²) in [6.07, 6.45) is 1.01. The lowest BCUT2D eigenvalue weighted by Crippen LogP contribution is -1.90. The van der Waals surface area contributed by atoms with E-state index in [-0.39, 0.29) is 0 Å². The fourth-order valence-corrected chi connectivity index (χ4v) is 3.13. The molecular formula is C19H15N. The largest absolute Gasteiger partial charge is 0.399 e. The smallest absolute Gasteiger partial charge is 0.0320 e. The highest BCUT2D eigenvalue weighted by Gasteiger charge is 2.20. The molecule has 1 heteroatoms. The monoisotopic (exact) mass is 257 g/mol. The van der Waals surface area contributed by atoms with Crippen molar-refractivity contribution in [3.63, 3.8) is 0 Å². The Balaban J connectivity index is 1.94. The quantitative estimate of drug-likeness (QED) is 0.499. The molecule has 0 amide bonds. The van der Waals surface area contributed by atoms with E-state index < -0.39 is 0 Å². The topological polar surface area (TPSA) is 26.0 Å². The molecule has 2 N–H and O–H groups in total. The van der Waals surface area contributed by atoms with Crippen LogP contribution >= 0.6 is 0 Å². The summed E-state index contributed by atoms with van der Waals surface area (Å²) in [5.41, 5.74) is 14.8. The van der Waals surface area contributed by atoms with Crippen LogP contribution in [0.3, 0.4) is 0 Å². The van der Waals surface area contributed by atoms with Crippen LogP contribution in [-0.2, 0) is 6.42 Å². The molecule has 96 valence electrons. The zero-order valence-corrected chi connectivity index (χ0v) is 11.1. The van der Waals surface area contributed by atoms with Crippen molar-refractivity contribution in [3.05, 3.63) is 77.9 Å². The molecular weight excluding hydrogens is 242 g/mol. The molecule has 0 aromatic heterocycles. The lowest BCUT2D eigenvalue weighted by Gasteiger charge is -2.09. The van der Waals surface area contributed by atoms with Gasteiger partial charge in [-0.25, -0.2) is 0 Å². The molecule has 0 saturated carbocycles. The third-order valence-electron chi connectivity index (χ3n) is 4.05. The average molecular weight is 257 g/mol. The van der Waals surface area contributed by atoms with Crippen molar-refractivity contribution in [1.82, 2.24) is 0 Å². The van der Waals surface area contributed by atoms with Crippen molar-refractivity contribution in [2.45, 2.75) is 6.42 Å². The van der Waals surface area contributed by atoms with E-state index in [2.05, 4.69) is 54.6 Å². The second-order valence-electron chi connectivity index (χ2n) is 5.29. The molecule has 1 aliphatic carbocycles. The molecule has 1 nitrogen and oxygen atoms in total. The number of benzene rings is 3. The van der Waals surface area contributed by atoms with Gasteiger partial charge in [-0.05, 0) is 51.9 Å². The van der Waals surface area contributed by atoms with Gasteiger partial charge in [0.2, 0.25) is 0 Å². The second kappa shape index (κ2) is 4.24. The highest BCUT2D eigenvalue weighted by molar-refractivity contribution is 5.85. The van der Waals surface area contributed by atoms with Crippen LogP contribution in [0.25, 0.3) is 22.3 Å². The first-order chi connectivity index (χ1) is 9.83. The summed E-state index contributed by atoms with van der Waals surface area (Å²) in [6, 6.07) is 23.4. The van der Waals surface area contributed by atoms with Crippen LogP contribution in [0.15, 0.2) is 66.7 Å². The molecule has 0 saturated heterocycles. The Kier molecular flexibility index (Phi) is 2.40. The second-order valence-corrected chi connectivity index (χ2v) is 5.29. The minimum Gasteiger partial charge on any atom is -0.399 e. The lowest BCUT2D eigenvalue weighted by molar-refractivity contribution is 1.26. The van der Waals surface area contributed by atoms with Crippen molar-refractivity contribution in [2.75, 3.05) is 5.73 Å². The van der Waals surface area contributed by atoms with Gasteiger partial charge in [-0.2, -0.15) is 0 Å². The maximum Gasteiger partial charge on any atom is 0.0320 e. The van der Waals surface area contributed by atoms with Crippen LogP contribution in [-0.4, -0.2) is 0 Å². The Morgan fingerprint density at radius 3 is 2.35 bits per heavy atom. The van der Waals surface area contributed by atoms with Gasteiger partial charge in [0.15, 0.2) is 0 Å². The first-order valence-electron chi connectivity index (χ1n) is 6.89. The first-order valence-corrected chi connectivity index (χ1v) is 6.89. The molecule has 0 heterocycles. The van der Waals surface area contributed by atoms with Gasteiger partial charge in [0.25, 0.3) is 0 Å². The molecule has 0 radical (unpaired) electrons. The Hall–Kier alpha value is -2.54. The van der Waals surface area contributed by atoms with Crippen LogP contribution in [0.5, 0.6) is 0 Å². The number of hydrogen-bond donors (Lipinski definition) is 1. The molecule has 0 unspecified atom stereocenters. The minimum absolute atomic E-state index is 0.815. The summed E-state index contributed by atoms with van der Waals surface area (Å²) in [6.45, 7) is 0. The van der Waals surface area contributed by atoms with Gasteiger partial charge in [-0.1, -0.05) is 54.6 Å². The van der Waals surface area contributed by atoms with Crippen LogP contribution in [0, 0.1) is 0 Å². The predicted octanol–water partition coefficient (Wildman–Crippen LogP) is 4.51. The van der Waals surface area contributed by atoms with Gasteiger partial charge in [0, 0.05) is 5.69 Å². The Morgan fingerprint density at radius 1 is 0.700 bits per heavy atom. The molecule has 4 rings (SSSR count). The summed E-state index contributed by atoms with van der Waals surface area (Å²) in [7, 11) is 0. The molecule has 0 bridgehead atoms. The van der Waals surface area contributed by atoms with E-state index in [1.165, 1.54) is 33.4 Å². The fraction of sp³-hybridized carbons (Fsp3) is 0.0526. The average Bonchev–Trinajstić information content (AvgIpc) is 2.86. The van der Waals surface area contributed by atoms with Gasteiger partial charge in [-0.15, -0.1) is 0 Å². The normalized spacial score (nSPS) is 12.0. The maximum atomic E-state index is 5.93. The van der Waals surface area contributed by atoms with E-state index in [9.17, 15) is 0 Å². The van der Waals surface area contributed by atoms with Crippen LogP contribution < -0.4 is 5.73 Å². The molecule has 1 aliphatic rings. The van der Waals surface area contributed by atoms with Gasteiger partial charge >= 0.3 is 0 Å². The number of nitrogens with two attached hydrogens (primary N) is 1. The molecule has 0 spiro atoms. The van der Waals surface area contributed by atoms with E-state index >= 15 is 0 Å². The van der Waals surface area contributed by atoms with Crippen molar-refractivity contribution in [2.24, 2.45) is 0 Å². The zero-order valence-electron chi connectivity index (χ0n) is 11.1. The van der Waals surface area contributed by atoms with Gasteiger partial charge in [0.05, 0.1) is 0 Å². The highest BCUT2D eigenvalue weighted by Crippen LogP contribution is 2.41. The van der Waals surface area contributed by atoms with Crippen molar-refractivity contribution in [3.8, 4) is 22.3 Å². The van der Waals surface area contributed by atoms with Gasteiger partial charge in [0.1, 0.15) is 0 Å². The number of hydrogen-bond acceptors (Lipinski definition) is 1. The summed E-state index contributed by atoms with van der Waals surface area (Å²) >= 11 is 0. The summed E-state index contributed by atoms with van der Waals surface area (Å²) < 4.78 is 0. The number of fused-ring (bicyclic) bond motifs is 3. The third-order valence-corrected chi connectivity index (χ3v) is 4.05. The first kappa shape index (κ1) is 11.3. The number of rotatable bonds is 1. The van der Waals surface area contributed by atoms with Crippen LogP contribution in [0.2, 0.25) is 0 Å². The number of anilines is 1. The standard InChI is InChI=1S/C19H15N/c20-15-7-3-6-13(11-15)17-9-4-10-18-16-8-2-1-5-14(16)12-19(17)18/h1-11H,12,20H2. The van der Waals surface area contributed by atoms with Gasteiger partial charge < -0.3 is 5.73 Å². The summed E-state index contributed by atoms with van der Waals surface area (Å²) in [4.78, 5) is 0. The Labute approximate surface area is 118 Å². The molecule has 3 aromatic carbocycles. The summed E-state index contributed by atoms with van der Waals surface area (Å²) in [5.74, 6) is 0. The van der Waals surface area contributed by atoms with E-state index in [0.717, 1.165) is 12.1 Å². The zero-order chi connectivity index (χ0) is 13.5. The minimum atomic E-state index is 0.815. The molecule has 0 fully saturated rings. The Morgan fingerprint density at radius 2 is 1.45 bits per heavy atom. The van der Waals surface area contributed by atoms with Crippen molar-refractivity contribution >= 4 is 5.69 Å². The molecule has 20 heavy (non-hydrogen) atoms. The van der Waals surface area contributed by atoms with E-state index in [1.807, 2.05) is 12.1 Å². The lowest BCUT2D eigenvalue weighted by atomic mass is 9.95. The van der Waals surface area contributed by atoms with E-state index in [0.29, 0.717) is 0 Å². The fourth-order valence-electron chi connectivity index (χ4n) is 3.13. The van der Waals surface area contributed by atoms with E-state index in [4.69, 9.17) is 5.73 Å². The van der Waals surface area contributed by atoms with Gasteiger partial charge in [-0.3, -0.25) is 0 Å². The van der Waals surface area contributed by atoms with Crippen LogP contribution in [0.4, 0.5) is 5.69 Å². The van der Waals surface area contributed by atoms with Crippen LogP contribution in [0.1, 0.15) is 11.1 Å². The highest BCUT2D eigenvalue weighted by atomic mass is 14.5. The van der Waals surface area contributed by atoms with E-state index in [1.54, 1.807) is 0 Å². The molecule has 0 aliphatic heterocycles. The SMILES string of the molecule is Nc1cccc(-c2cccc3c2Cc2ccccc2-3)c1. The molecule has 0 atom stereocenters. The predicted molar refractivity (Wildman–Crippen MR) is 84.5 cm³/mol. The summed E-state index contributed by atoms with van der Waals surface area (Å²) in [5, 5.41) is 0. The third kappa shape index (κ3) is 1.64. The molecule has 3 aromatic rings. The Bertz CT molecular complexity index is 802. The van der Waals surface area contributed by atoms with Crippen molar-refractivity contribution < 1.29 is 0 Å². The maximum absolute atomic E-state index is 5.93. The number of nitrogen functional groups attached to an aromatic ring is 1. The van der Waals surface area contributed by atoms with Crippen molar-refractivity contribution in [1.29, 1.82) is 0 Å².